The number of aromatic nitrogens is 2. The zero-order valence-electron chi connectivity index (χ0n) is 19.0. The first-order valence-electron chi connectivity index (χ1n) is 11.6. The third-order valence-electron chi connectivity index (χ3n) is 6.12. The van der Waals surface area contributed by atoms with Crippen LogP contribution in [0.1, 0.15) is 59.6 Å². The first-order chi connectivity index (χ1) is 16.7. The van der Waals surface area contributed by atoms with Crippen molar-refractivity contribution in [1.82, 2.24) is 15.1 Å². The number of nitrogens with one attached hydrogen (secondary N) is 1. The second kappa shape index (κ2) is 9.47. The molecule has 0 radical (unpaired) electrons. The van der Waals surface area contributed by atoms with Crippen molar-refractivity contribution in [2.75, 3.05) is 6.61 Å². The van der Waals surface area contributed by atoms with Crippen molar-refractivity contribution in [1.29, 1.82) is 0 Å². The minimum atomic E-state index is -0.417. The maximum absolute atomic E-state index is 13.5. The maximum atomic E-state index is 13.5. The number of unbranched alkanes of at least 4 members (excludes halogenated alkanes) is 2. The molecule has 0 bridgehead atoms. The lowest BCUT2D eigenvalue weighted by atomic mass is 9.95. The van der Waals surface area contributed by atoms with Crippen molar-refractivity contribution in [3.63, 3.8) is 0 Å². The molecule has 1 aliphatic rings. The van der Waals surface area contributed by atoms with Crippen LogP contribution >= 0.6 is 0 Å². The molecule has 7 nitrogen and oxygen atoms in total. The summed E-state index contributed by atoms with van der Waals surface area (Å²) in [4.78, 5) is 15.2. The topological polar surface area (TPSA) is 91.6 Å². The molecular formula is C27H27N3O4. The SMILES string of the molecule is CCCCCOc1cccc([C@H]2c3c(-c4ccccc4O)n[nH]c3C(=O)N2Cc2ccco2)c1. The number of aromatic amines is 1. The lowest BCUT2D eigenvalue weighted by Crippen LogP contribution is -2.29. The van der Waals surface area contributed by atoms with E-state index in [1.165, 1.54) is 0 Å². The molecule has 0 fully saturated rings. The number of benzene rings is 2. The Balaban J connectivity index is 1.57. The average molecular weight is 458 g/mol. The Morgan fingerprint density at radius 1 is 1.12 bits per heavy atom. The van der Waals surface area contributed by atoms with E-state index < -0.39 is 6.04 Å². The normalized spacial score (nSPS) is 15.0. The number of aromatic hydroxyl groups is 1. The Hall–Kier alpha value is -4.00. The van der Waals surface area contributed by atoms with Gasteiger partial charge in [0.15, 0.2) is 0 Å². The number of ether oxygens (including phenoxy) is 1. The zero-order chi connectivity index (χ0) is 23.5. The second-order valence-corrected chi connectivity index (χ2v) is 8.42. The molecule has 0 unspecified atom stereocenters. The number of fused-ring (bicyclic) bond motifs is 1. The maximum Gasteiger partial charge on any atom is 0.273 e. The van der Waals surface area contributed by atoms with Gasteiger partial charge in [0.05, 0.1) is 25.5 Å². The van der Waals surface area contributed by atoms with Crippen LogP contribution in [0, 0.1) is 0 Å². The molecule has 2 aromatic carbocycles. The number of para-hydroxylation sites is 1. The van der Waals surface area contributed by atoms with Crippen LogP contribution in [0.25, 0.3) is 11.3 Å². The van der Waals surface area contributed by atoms with E-state index in [2.05, 4.69) is 17.1 Å². The standard InChI is InChI=1S/C27H27N3O4/c1-2-3-6-14-33-19-10-7-9-18(16-19)26-23-24(21-12-4-5-13-22(21)31)28-29-25(23)27(32)30(26)17-20-11-8-15-34-20/h4-5,7-13,15-16,26,31H,2-3,6,14,17H2,1H3,(H,28,29)/t26-/m0/s1. The monoisotopic (exact) mass is 457 g/mol. The van der Waals surface area contributed by atoms with E-state index in [0.29, 0.717) is 35.9 Å². The van der Waals surface area contributed by atoms with E-state index in [1.807, 2.05) is 42.5 Å². The van der Waals surface area contributed by atoms with Gasteiger partial charge in [-0.3, -0.25) is 9.89 Å². The number of phenols is 1. The third kappa shape index (κ3) is 4.05. The Labute approximate surface area is 198 Å². The molecule has 0 saturated heterocycles. The molecular weight excluding hydrogens is 430 g/mol. The molecule has 1 atom stereocenters. The van der Waals surface area contributed by atoms with Gasteiger partial charge in [0, 0.05) is 11.1 Å². The van der Waals surface area contributed by atoms with Crippen molar-refractivity contribution in [3.8, 4) is 22.8 Å². The van der Waals surface area contributed by atoms with Gasteiger partial charge in [-0.2, -0.15) is 5.10 Å². The predicted molar refractivity (Wildman–Crippen MR) is 128 cm³/mol. The van der Waals surface area contributed by atoms with Crippen LogP contribution in [-0.2, 0) is 6.54 Å². The summed E-state index contributed by atoms with van der Waals surface area (Å²) >= 11 is 0. The quantitative estimate of drug-likeness (QED) is 0.315. The number of amides is 1. The average Bonchev–Trinajstić information content (AvgIpc) is 3.57. The Bertz CT molecular complexity index is 1280. The lowest BCUT2D eigenvalue weighted by molar-refractivity contribution is 0.0716. The smallest absolute Gasteiger partial charge is 0.273 e. The summed E-state index contributed by atoms with van der Waals surface area (Å²) in [6, 6.07) is 18.1. The van der Waals surface area contributed by atoms with Crippen LogP contribution in [-0.4, -0.2) is 32.7 Å². The number of carbonyl (C=O) groups excluding carboxylic acids is 1. The zero-order valence-corrected chi connectivity index (χ0v) is 19.0. The van der Waals surface area contributed by atoms with Crippen LogP contribution < -0.4 is 4.74 Å². The van der Waals surface area contributed by atoms with Crippen LogP contribution in [0.5, 0.6) is 11.5 Å². The molecule has 2 N–H and O–H groups in total. The highest BCUT2D eigenvalue weighted by Gasteiger charge is 2.43. The van der Waals surface area contributed by atoms with Gasteiger partial charge < -0.3 is 19.2 Å². The van der Waals surface area contributed by atoms with Gasteiger partial charge in [0.2, 0.25) is 0 Å². The van der Waals surface area contributed by atoms with Crippen LogP contribution in [0.2, 0.25) is 0 Å². The van der Waals surface area contributed by atoms with E-state index in [0.717, 1.165) is 36.1 Å². The number of furan rings is 1. The molecule has 0 spiro atoms. The summed E-state index contributed by atoms with van der Waals surface area (Å²) in [6.45, 7) is 3.12. The van der Waals surface area contributed by atoms with Crippen molar-refractivity contribution in [2.24, 2.45) is 0 Å². The first-order valence-corrected chi connectivity index (χ1v) is 11.6. The fraction of sp³-hybridized carbons (Fsp3) is 0.259. The van der Waals surface area contributed by atoms with Gasteiger partial charge >= 0.3 is 0 Å². The van der Waals surface area contributed by atoms with E-state index >= 15 is 0 Å². The Morgan fingerprint density at radius 2 is 2.00 bits per heavy atom. The number of nitrogens with zero attached hydrogens (tertiary/aromatic N) is 2. The summed E-state index contributed by atoms with van der Waals surface area (Å²) in [7, 11) is 0. The Kier molecular flexibility index (Phi) is 6.08. The molecule has 7 heteroatoms. The van der Waals surface area contributed by atoms with E-state index in [4.69, 9.17) is 9.15 Å². The van der Waals surface area contributed by atoms with Gasteiger partial charge in [-0.15, -0.1) is 0 Å². The number of H-pyrrole nitrogens is 1. The van der Waals surface area contributed by atoms with Gasteiger partial charge in [-0.25, -0.2) is 0 Å². The highest BCUT2D eigenvalue weighted by atomic mass is 16.5. The largest absolute Gasteiger partial charge is 0.507 e. The van der Waals surface area contributed by atoms with Crippen molar-refractivity contribution >= 4 is 5.91 Å². The molecule has 5 rings (SSSR count). The van der Waals surface area contributed by atoms with Crippen LogP contribution in [0.15, 0.2) is 71.3 Å². The summed E-state index contributed by atoms with van der Waals surface area (Å²) < 4.78 is 11.5. The molecule has 1 aliphatic heterocycles. The van der Waals surface area contributed by atoms with Gasteiger partial charge in [0.1, 0.15) is 28.6 Å². The van der Waals surface area contributed by atoms with E-state index in [1.54, 1.807) is 29.4 Å². The summed E-state index contributed by atoms with van der Waals surface area (Å²) in [5.74, 6) is 1.40. The molecule has 0 aliphatic carbocycles. The second-order valence-electron chi connectivity index (χ2n) is 8.42. The highest BCUT2D eigenvalue weighted by Crippen LogP contribution is 2.45. The van der Waals surface area contributed by atoms with Gasteiger partial charge in [-0.1, -0.05) is 44.0 Å². The fourth-order valence-corrected chi connectivity index (χ4v) is 4.47. The van der Waals surface area contributed by atoms with Crippen LogP contribution in [0.4, 0.5) is 0 Å². The molecule has 34 heavy (non-hydrogen) atoms. The number of phenolic OH excluding ortho intramolecular Hbond substituents is 1. The van der Waals surface area contributed by atoms with Crippen molar-refractivity contribution < 1.29 is 19.1 Å². The summed E-state index contributed by atoms with van der Waals surface area (Å²) in [5.41, 5.74) is 3.20. The summed E-state index contributed by atoms with van der Waals surface area (Å²) in [6.07, 6.45) is 4.85. The predicted octanol–water partition coefficient (Wildman–Crippen LogP) is 5.69. The molecule has 174 valence electrons. The van der Waals surface area contributed by atoms with E-state index in [9.17, 15) is 9.90 Å². The van der Waals surface area contributed by atoms with E-state index in [-0.39, 0.29) is 11.7 Å². The van der Waals surface area contributed by atoms with Gasteiger partial charge in [0.25, 0.3) is 5.91 Å². The minimum absolute atomic E-state index is 0.112. The van der Waals surface area contributed by atoms with Gasteiger partial charge in [-0.05, 0) is 48.4 Å². The molecule has 1 amide bonds. The third-order valence-corrected chi connectivity index (χ3v) is 6.12. The van der Waals surface area contributed by atoms with Crippen molar-refractivity contribution in [3.05, 3.63) is 89.5 Å². The van der Waals surface area contributed by atoms with Crippen LogP contribution in [0.3, 0.4) is 0 Å². The fourth-order valence-electron chi connectivity index (χ4n) is 4.47. The molecule has 3 heterocycles. The minimum Gasteiger partial charge on any atom is -0.507 e. The highest BCUT2D eigenvalue weighted by molar-refractivity contribution is 6.00. The first kappa shape index (κ1) is 21.8. The molecule has 4 aromatic rings. The number of hydrogen-bond donors (Lipinski definition) is 2. The molecule has 2 aromatic heterocycles. The number of carbonyl (C=O) groups is 1. The lowest BCUT2D eigenvalue weighted by Gasteiger charge is -2.26. The molecule has 0 saturated carbocycles. The number of rotatable bonds is 9. The Morgan fingerprint density at radius 3 is 2.79 bits per heavy atom. The number of hydrogen-bond acceptors (Lipinski definition) is 5. The van der Waals surface area contributed by atoms with Crippen molar-refractivity contribution in [2.45, 2.75) is 38.8 Å². The summed E-state index contributed by atoms with van der Waals surface area (Å²) in [5, 5.41) is 17.9.